The van der Waals surface area contributed by atoms with Gasteiger partial charge in [0.25, 0.3) is 0 Å². The average Bonchev–Trinajstić information content (AvgIpc) is 2.85. The number of ether oxygens (including phenoxy) is 2. The van der Waals surface area contributed by atoms with Crippen molar-refractivity contribution in [1.82, 2.24) is 14.9 Å². The van der Waals surface area contributed by atoms with Gasteiger partial charge in [-0.3, -0.25) is 4.90 Å². The summed E-state index contributed by atoms with van der Waals surface area (Å²) in [7, 11) is 0. The molecule has 2 heterocycles. The number of aromatic carboxylic acids is 1. The van der Waals surface area contributed by atoms with Crippen LogP contribution < -0.4 is 10.1 Å². The lowest BCUT2D eigenvalue weighted by Crippen LogP contribution is -2.37. The molecule has 0 atom stereocenters. The smallest absolute Gasteiger partial charge is 0.416 e. The molecule has 186 valence electrons. The van der Waals surface area contributed by atoms with Crippen molar-refractivity contribution >= 4 is 22.7 Å². The normalized spacial score (nSPS) is 14.7. The first-order valence-electron chi connectivity index (χ1n) is 11.2. The van der Waals surface area contributed by atoms with E-state index in [1.54, 1.807) is 6.07 Å². The Balaban J connectivity index is 1.48. The van der Waals surface area contributed by atoms with Crippen molar-refractivity contribution < 1.29 is 32.5 Å². The number of aromatic nitrogens is 2. The second kappa shape index (κ2) is 10.9. The highest BCUT2D eigenvalue weighted by Gasteiger charge is 2.29. The maximum Gasteiger partial charge on any atom is 0.416 e. The van der Waals surface area contributed by atoms with E-state index in [2.05, 4.69) is 20.2 Å². The van der Waals surface area contributed by atoms with Gasteiger partial charge in [0.05, 0.1) is 36.5 Å². The molecule has 0 amide bonds. The summed E-state index contributed by atoms with van der Waals surface area (Å²) < 4.78 is 49.6. The molecule has 0 bridgehead atoms. The number of carbonyl (C=O) groups is 1. The number of alkyl halides is 3. The topological polar surface area (TPSA) is 96.8 Å². The fourth-order valence-electron chi connectivity index (χ4n) is 3.83. The molecule has 0 spiro atoms. The lowest BCUT2D eigenvalue weighted by Gasteiger charge is -2.26. The lowest BCUT2D eigenvalue weighted by atomic mass is 10.1. The van der Waals surface area contributed by atoms with Gasteiger partial charge in [0, 0.05) is 31.6 Å². The molecule has 0 radical (unpaired) electrons. The monoisotopic (exact) mass is 490 g/mol. The van der Waals surface area contributed by atoms with Crippen LogP contribution in [-0.4, -0.2) is 65.4 Å². The third-order valence-corrected chi connectivity index (χ3v) is 5.67. The number of carboxylic acids is 1. The minimum atomic E-state index is -4.40. The molecule has 35 heavy (non-hydrogen) atoms. The summed E-state index contributed by atoms with van der Waals surface area (Å²) in [6, 6.07) is 7.90. The second-order valence-electron chi connectivity index (χ2n) is 8.10. The molecule has 4 rings (SSSR count). The predicted molar refractivity (Wildman–Crippen MR) is 123 cm³/mol. The molecule has 1 fully saturated rings. The van der Waals surface area contributed by atoms with Gasteiger partial charge < -0.3 is 19.9 Å². The molecule has 0 saturated carbocycles. The van der Waals surface area contributed by atoms with Crippen LogP contribution in [0.3, 0.4) is 0 Å². The van der Waals surface area contributed by atoms with E-state index in [9.17, 15) is 23.1 Å². The van der Waals surface area contributed by atoms with Crippen LogP contribution in [0.25, 0.3) is 10.9 Å². The van der Waals surface area contributed by atoms with Gasteiger partial charge in [-0.15, -0.1) is 0 Å². The third kappa shape index (κ3) is 6.37. The van der Waals surface area contributed by atoms with Gasteiger partial charge in [0.1, 0.15) is 17.9 Å². The number of nitrogens with zero attached hydrogens (tertiary/aromatic N) is 3. The molecule has 2 N–H and O–H groups in total. The van der Waals surface area contributed by atoms with Gasteiger partial charge >= 0.3 is 12.1 Å². The van der Waals surface area contributed by atoms with E-state index in [4.69, 9.17) is 9.47 Å². The van der Waals surface area contributed by atoms with Crippen LogP contribution >= 0.6 is 0 Å². The Hall–Kier alpha value is -3.44. The molecule has 2 aromatic carbocycles. The highest BCUT2D eigenvalue weighted by molar-refractivity contribution is 6.05. The molecule has 3 aromatic rings. The Labute approximate surface area is 199 Å². The Kier molecular flexibility index (Phi) is 7.67. The zero-order valence-electron chi connectivity index (χ0n) is 18.8. The van der Waals surface area contributed by atoms with Crippen LogP contribution in [0.5, 0.6) is 5.75 Å². The Bertz CT molecular complexity index is 1170. The van der Waals surface area contributed by atoms with Gasteiger partial charge in [0.2, 0.25) is 0 Å². The van der Waals surface area contributed by atoms with Crippen LogP contribution in [0.1, 0.15) is 27.9 Å². The summed E-state index contributed by atoms with van der Waals surface area (Å²) >= 11 is 0. The molecule has 0 aliphatic carbocycles. The van der Waals surface area contributed by atoms with E-state index in [0.29, 0.717) is 29.1 Å². The van der Waals surface area contributed by atoms with E-state index in [0.717, 1.165) is 51.4 Å². The van der Waals surface area contributed by atoms with E-state index in [-0.39, 0.29) is 17.6 Å². The lowest BCUT2D eigenvalue weighted by molar-refractivity contribution is -0.137. The first-order chi connectivity index (χ1) is 16.8. The van der Waals surface area contributed by atoms with Crippen molar-refractivity contribution in [2.24, 2.45) is 0 Å². The second-order valence-corrected chi connectivity index (χ2v) is 8.10. The standard InChI is InChI=1S/C24H25F3N4O4/c25-24(26,27)17-4-2-16(3-5-17)14-28-22-19-12-18(13-20(23(32)33)21(19)29-15-30-22)35-9-1-6-31-7-10-34-11-8-31/h2-5,12-13,15H,1,6-11,14H2,(H,32,33)(H,28,29,30). The third-order valence-electron chi connectivity index (χ3n) is 5.67. The first kappa shape index (κ1) is 24.7. The van der Waals surface area contributed by atoms with E-state index in [1.807, 2.05) is 0 Å². The van der Waals surface area contributed by atoms with Gasteiger partial charge in [0.15, 0.2) is 0 Å². The van der Waals surface area contributed by atoms with Crippen molar-refractivity contribution in [2.75, 3.05) is 44.8 Å². The Morgan fingerprint density at radius 1 is 1.14 bits per heavy atom. The minimum absolute atomic E-state index is 0.0225. The van der Waals surface area contributed by atoms with Crippen LogP contribution in [-0.2, 0) is 17.5 Å². The van der Waals surface area contributed by atoms with Crippen molar-refractivity contribution in [3.8, 4) is 5.75 Å². The number of halogens is 3. The maximum atomic E-state index is 12.8. The summed E-state index contributed by atoms with van der Waals surface area (Å²) in [6.07, 6.45) is -2.39. The summed E-state index contributed by atoms with van der Waals surface area (Å²) in [5.74, 6) is -0.415. The quantitative estimate of drug-likeness (QED) is 0.434. The number of morpholine rings is 1. The largest absolute Gasteiger partial charge is 0.493 e. The highest BCUT2D eigenvalue weighted by atomic mass is 19.4. The summed E-state index contributed by atoms with van der Waals surface area (Å²) in [4.78, 5) is 22.5. The predicted octanol–water partition coefficient (Wildman–Crippen LogP) is 4.06. The van der Waals surface area contributed by atoms with Crippen molar-refractivity contribution in [1.29, 1.82) is 0 Å². The first-order valence-corrected chi connectivity index (χ1v) is 11.2. The van der Waals surface area contributed by atoms with Crippen molar-refractivity contribution in [3.63, 3.8) is 0 Å². The van der Waals surface area contributed by atoms with Crippen molar-refractivity contribution in [2.45, 2.75) is 19.1 Å². The zero-order chi connectivity index (χ0) is 24.8. The van der Waals surface area contributed by atoms with E-state index >= 15 is 0 Å². The summed E-state index contributed by atoms with van der Waals surface area (Å²) in [6.45, 7) is 4.65. The molecule has 1 saturated heterocycles. The molecule has 0 unspecified atom stereocenters. The number of anilines is 1. The minimum Gasteiger partial charge on any atom is -0.493 e. The molecule has 1 aromatic heterocycles. The number of hydrogen-bond acceptors (Lipinski definition) is 7. The SMILES string of the molecule is O=C(O)c1cc(OCCCN2CCOCC2)cc2c(NCc3ccc(C(F)(F)F)cc3)ncnc12. The molecule has 8 nitrogen and oxygen atoms in total. The molecular formula is C24H25F3N4O4. The van der Waals surface area contributed by atoms with Gasteiger partial charge in [-0.1, -0.05) is 12.1 Å². The Morgan fingerprint density at radius 2 is 1.89 bits per heavy atom. The molecular weight excluding hydrogens is 465 g/mol. The average molecular weight is 490 g/mol. The van der Waals surface area contributed by atoms with Crippen LogP contribution in [0.2, 0.25) is 0 Å². The number of benzene rings is 2. The number of rotatable bonds is 9. The van der Waals surface area contributed by atoms with Crippen LogP contribution in [0, 0.1) is 0 Å². The molecule has 11 heteroatoms. The number of carboxylic acid groups (broad SMARTS) is 1. The maximum absolute atomic E-state index is 12.8. The van der Waals surface area contributed by atoms with Crippen LogP contribution in [0.15, 0.2) is 42.7 Å². The van der Waals surface area contributed by atoms with E-state index in [1.165, 1.54) is 24.5 Å². The van der Waals surface area contributed by atoms with Crippen LogP contribution in [0.4, 0.5) is 19.0 Å². The molecule has 1 aliphatic heterocycles. The summed E-state index contributed by atoms with van der Waals surface area (Å²) in [5, 5.41) is 13.2. The number of nitrogens with one attached hydrogen (secondary N) is 1. The van der Waals surface area contributed by atoms with Gasteiger partial charge in [-0.25, -0.2) is 14.8 Å². The molecule has 1 aliphatic rings. The number of hydrogen-bond donors (Lipinski definition) is 2. The number of fused-ring (bicyclic) bond motifs is 1. The van der Waals surface area contributed by atoms with Gasteiger partial charge in [-0.05, 0) is 36.2 Å². The summed E-state index contributed by atoms with van der Waals surface area (Å²) in [5.41, 5.74) is 0.0997. The highest BCUT2D eigenvalue weighted by Crippen LogP contribution is 2.30. The fraction of sp³-hybridized carbons (Fsp3) is 0.375. The van der Waals surface area contributed by atoms with Crippen molar-refractivity contribution in [3.05, 3.63) is 59.4 Å². The zero-order valence-corrected chi connectivity index (χ0v) is 18.8. The Morgan fingerprint density at radius 3 is 2.57 bits per heavy atom. The van der Waals surface area contributed by atoms with Gasteiger partial charge in [-0.2, -0.15) is 13.2 Å². The van der Waals surface area contributed by atoms with E-state index < -0.39 is 17.7 Å². The fourth-order valence-corrected chi connectivity index (χ4v) is 3.83.